The molecule has 0 atom stereocenters. The van der Waals surface area contributed by atoms with E-state index in [9.17, 15) is 0 Å². The molecule has 102 valence electrons. The predicted molar refractivity (Wildman–Crippen MR) is 77.9 cm³/mol. The van der Waals surface area contributed by atoms with Crippen LogP contribution in [-0.4, -0.2) is 30.9 Å². The molecule has 1 aromatic heterocycles. The van der Waals surface area contributed by atoms with Crippen molar-refractivity contribution in [2.24, 2.45) is 11.1 Å². The number of oxime groups is 1. The summed E-state index contributed by atoms with van der Waals surface area (Å²) in [4.78, 5) is 9.28. The molecule has 0 aromatic carbocycles. The molecule has 0 bridgehead atoms. The zero-order valence-corrected chi connectivity index (χ0v) is 12.0. The third-order valence-electron chi connectivity index (χ3n) is 2.84. The van der Waals surface area contributed by atoms with Crippen molar-refractivity contribution in [3.8, 4) is 0 Å². The van der Waals surface area contributed by atoms with Gasteiger partial charge >= 0.3 is 0 Å². The molecule has 0 saturated carbocycles. The van der Waals surface area contributed by atoms with Gasteiger partial charge in [0, 0.05) is 12.1 Å². The van der Waals surface area contributed by atoms with Gasteiger partial charge in [-0.15, -0.1) is 24.8 Å². The lowest BCUT2D eigenvalue weighted by atomic mass is 9.91. The number of nitrogens with one attached hydrogen (secondary N) is 1. The first-order valence-corrected chi connectivity index (χ1v) is 5.65. The third-order valence-corrected chi connectivity index (χ3v) is 2.84. The second kappa shape index (κ2) is 9.14. The molecule has 0 aliphatic carbocycles. The van der Waals surface area contributed by atoms with E-state index in [1.807, 2.05) is 18.2 Å². The summed E-state index contributed by atoms with van der Waals surface area (Å²) in [6.07, 6.45) is 3.99. The highest BCUT2D eigenvalue weighted by Gasteiger charge is 2.21. The van der Waals surface area contributed by atoms with E-state index in [0.29, 0.717) is 5.92 Å². The van der Waals surface area contributed by atoms with Gasteiger partial charge in [0.2, 0.25) is 0 Å². The topological polar surface area (TPSA) is 46.5 Å². The first-order chi connectivity index (χ1) is 7.92. The lowest BCUT2D eigenvalue weighted by Crippen LogP contribution is -2.32. The Hall–Kier alpha value is -0.840. The van der Waals surface area contributed by atoms with E-state index in [1.54, 1.807) is 13.3 Å². The average Bonchev–Trinajstić information content (AvgIpc) is 2.38. The zero-order valence-electron chi connectivity index (χ0n) is 10.3. The highest BCUT2D eigenvalue weighted by molar-refractivity contribution is 6.00. The molecule has 18 heavy (non-hydrogen) atoms. The van der Waals surface area contributed by atoms with E-state index in [-0.39, 0.29) is 24.8 Å². The summed E-state index contributed by atoms with van der Waals surface area (Å²) in [5.74, 6) is 0.455. The molecular weight excluding hydrogens is 273 g/mol. The van der Waals surface area contributed by atoms with Gasteiger partial charge in [-0.05, 0) is 38.1 Å². The van der Waals surface area contributed by atoms with Gasteiger partial charge in [0.25, 0.3) is 0 Å². The molecule has 0 radical (unpaired) electrons. The fraction of sp³-hybridized carbons (Fsp3) is 0.500. The van der Waals surface area contributed by atoms with Crippen molar-refractivity contribution >= 4 is 30.5 Å². The van der Waals surface area contributed by atoms with Gasteiger partial charge in [0.15, 0.2) is 0 Å². The van der Waals surface area contributed by atoms with Crippen LogP contribution in [0, 0.1) is 5.92 Å². The van der Waals surface area contributed by atoms with Crippen LogP contribution in [0.2, 0.25) is 0 Å². The van der Waals surface area contributed by atoms with E-state index >= 15 is 0 Å². The van der Waals surface area contributed by atoms with Gasteiger partial charge in [-0.1, -0.05) is 11.2 Å². The monoisotopic (exact) mass is 291 g/mol. The first kappa shape index (κ1) is 17.2. The number of aromatic nitrogens is 1. The van der Waals surface area contributed by atoms with Crippen molar-refractivity contribution in [2.45, 2.75) is 12.8 Å². The summed E-state index contributed by atoms with van der Waals surface area (Å²) < 4.78 is 0. The fourth-order valence-electron chi connectivity index (χ4n) is 2.04. The van der Waals surface area contributed by atoms with Crippen LogP contribution in [0.4, 0.5) is 0 Å². The number of halogens is 2. The Labute approximate surface area is 120 Å². The molecule has 1 aromatic rings. The minimum absolute atomic E-state index is 0. The SMILES string of the molecule is CON=C(c1ccccn1)C1CCNCC1.Cl.Cl. The number of nitrogens with zero attached hydrogens (tertiary/aromatic N) is 2. The molecular formula is C12H19Cl2N3O. The van der Waals surface area contributed by atoms with Gasteiger partial charge in [0.05, 0.1) is 5.69 Å². The molecule has 1 fully saturated rings. The van der Waals surface area contributed by atoms with E-state index < -0.39 is 0 Å². The smallest absolute Gasteiger partial charge is 0.108 e. The summed E-state index contributed by atoms with van der Waals surface area (Å²) in [5.41, 5.74) is 1.90. The summed E-state index contributed by atoms with van der Waals surface area (Å²) in [6.45, 7) is 2.08. The first-order valence-electron chi connectivity index (χ1n) is 5.65. The van der Waals surface area contributed by atoms with Crippen LogP contribution in [0.3, 0.4) is 0 Å². The zero-order chi connectivity index (χ0) is 11.2. The second-order valence-corrected chi connectivity index (χ2v) is 3.90. The second-order valence-electron chi connectivity index (χ2n) is 3.90. The molecule has 1 aliphatic rings. The van der Waals surface area contributed by atoms with Crippen LogP contribution in [0.1, 0.15) is 18.5 Å². The highest BCUT2D eigenvalue weighted by atomic mass is 35.5. The molecule has 1 saturated heterocycles. The maximum atomic E-state index is 4.94. The third kappa shape index (κ3) is 4.44. The molecule has 4 nitrogen and oxygen atoms in total. The Kier molecular flexibility index (Phi) is 8.71. The van der Waals surface area contributed by atoms with Crippen molar-refractivity contribution in [1.82, 2.24) is 10.3 Å². The maximum Gasteiger partial charge on any atom is 0.108 e. The molecule has 0 unspecified atom stereocenters. The minimum atomic E-state index is 0. The van der Waals surface area contributed by atoms with Crippen LogP contribution >= 0.6 is 24.8 Å². The van der Waals surface area contributed by atoms with Crippen molar-refractivity contribution in [1.29, 1.82) is 0 Å². The van der Waals surface area contributed by atoms with Crippen LogP contribution in [0.25, 0.3) is 0 Å². The Morgan fingerprint density at radius 1 is 1.33 bits per heavy atom. The molecule has 2 rings (SSSR count). The van der Waals surface area contributed by atoms with Crippen LogP contribution in [0.5, 0.6) is 0 Å². The van der Waals surface area contributed by atoms with Crippen LogP contribution < -0.4 is 5.32 Å². The molecule has 2 heterocycles. The van der Waals surface area contributed by atoms with Gasteiger partial charge in [0.1, 0.15) is 12.8 Å². The largest absolute Gasteiger partial charge is 0.399 e. The van der Waals surface area contributed by atoms with Gasteiger partial charge in [-0.2, -0.15) is 0 Å². The van der Waals surface area contributed by atoms with Crippen molar-refractivity contribution in [3.63, 3.8) is 0 Å². The average molecular weight is 292 g/mol. The normalized spacial score (nSPS) is 16.4. The Bertz CT molecular complexity index is 354. The van der Waals surface area contributed by atoms with E-state index in [2.05, 4.69) is 15.5 Å². The molecule has 1 aliphatic heterocycles. The predicted octanol–water partition coefficient (Wildman–Crippen LogP) is 2.28. The summed E-state index contributed by atoms with van der Waals surface area (Å²) >= 11 is 0. The quantitative estimate of drug-likeness (QED) is 0.686. The van der Waals surface area contributed by atoms with E-state index in [4.69, 9.17) is 4.84 Å². The number of pyridine rings is 1. The molecule has 1 N–H and O–H groups in total. The summed E-state index contributed by atoms with van der Waals surface area (Å²) in [6, 6.07) is 5.88. The number of hydrogen-bond donors (Lipinski definition) is 1. The van der Waals surface area contributed by atoms with Crippen LogP contribution in [0.15, 0.2) is 29.6 Å². The highest BCUT2D eigenvalue weighted by Crippen LogP contribution is 2.18. The van der Waals surface area contributed by atoms with Crippen molar-refractivity contribution in [3.05, 3.63) is 30.1 Å². The summed E-state index contributed by atoms with van der Waals surface area (Å²) in [5, 5.41) is 7.49. The minimum Gasteiger partial charge on any atom is -0.399 e. The molecule has 6 heteroatoms. The number of piperidine rings is 1. The number of hydrogen-bond acceptors (Lipinski definition) is 4. The Morgan fingerprint density at radius 3 is 2.61 bits per heavy atom. The van der Waals surface area contributed by atoms with Gasteiger partial charge in [-0.25, -0.2) is 0 Å². The number of rotatable bonds is 3. The molecule has 0 spiro atoms. The van der Waals surface area contributed by atoms with Crippen molar-refractivity contribution < 1.29 is 4.84 Å². The van der Waals surface area contributed by atoms with Crippen molar-refractivity contribution in [2.75, 3.05) is 20.2 Å². The van der Waals surface area contributed by atoms with Crippen LogP contribution in [-0.2, 0) is 4.84 Å². The Morgan fingerprint density at radius 2 is 2.06 bits per heavy atom. The van der Waals surface area contributed by atoms with Gasteiger partial charge in [-0.3, -0.25) is 4.98 Å². The Balaban J connectivity index is 0.00000144. The summed E-state index contributed by atoms with van der Waals surface area (Å²) in [7, 11) is 1.59. The van der Waals surface area contributed by atoms with E-state index in [0.717, 1.165) is 37.3 Å². The molecule has 0 amide bonds. The maximum absolute atomic E-state index is 4.94. The van der Waals surface area contributed by atoms with Gasteiger partial charge < -0.3 is 10.2 Å². The lowest BCUT2D eigenvalue weighted by Gasteiger charge is -2.23. The lowest BCUT2D eigenvalue weighted by molar-refractivity contribution is 0.210. The standard InChI is InChI=1S/C12H17N3O.2ClH/c1-16-15-12(10-5-8-13-9-6-10)11-4-2-3-7-14-11;;/h2-4,7,10,13H,5-6,8-9H2,1H3;2*1H. The van der Waals surface area contributed by atoms with E-state index in [1.165, 1.54) is 0 Å². The fourth-order valence-corrected chi connectivity index (χ4v) is 2.04.